The Labute approximate surface area is 199 Å². The minimum Gasteiger partial charge on any atom is -0.493 e. The van der Waals surface area contributed by atoms with Gasteiger partial charge in [0.15, 0.2) is 0 Å². The molecule has 4 rings (SSSR count). The van der Waals surface area contributed by atoms with Crippen LogP contribution in [-0.4, -0.2) is 70.4 Å². The first-order chi connectivity index (χ1) is 16.6. The van der Waals surface area contributed by atoms with Gasteiger partial charge in [-0.25, -0.2) is 14.4 Å². The summed E-state index contributed by atoms with van der Waals surface area (Å²) in [4.78, 5) is 24.7. The van der Waals surface area contributed by atoms with Gasteiger partial charge in [0.05, 0.1) is 19.6 Å². The molecule has 3 heterocycles. The van der Waals surface area contributed by atoms with Crippen LogP contribution in [0.15, 0.2) is 30.6 Å². The SMILES string of the molecule is O=C(Cc1ccc(OCCCC2CCN(c3ncc(CO)cn3)CC2)cc1F)N1CC(CO)C1. The second-order valence-corrected chi connectivity index (χ2v) is 9.25. The highest BCUT2D eigenvalue weighted by atomic mass is 19.1. The number of carbonyl (C=O) groups is 1. The molecule has 1 aromatic carbocycles. The summed E-state index contributed by atoms with van der Waals surface area (Å²) in [5.41, 5.74) is 1.08. The lowest BCUT2D eigenvalue weighted by molar-refractivity contribution is -0.137. The molecule has 0 saturated carbocycles. The Morgan fingerprint density at radius 3 is 2.50 bits per heavy atom. The third-order valence-electron chi connectivity index (χ3n) is 6.73. The predicted octanol–water partition coefficient (Wildman–Crippen LogP) is 2.18. The van der Waals surface area contributed by atoms with E-state index in [1.165, 1.54) is 6.07 Å². The molecular weight excluding hydrogens is 439 g/mol. The molecule has 0 spiro atoms. The van der Waals surface area contributed by atoms with Gasteiger partial charge in [-0.2, -0.15) is 0 Å². The zero-order valence-corrected chi connectivity index (χ0v) is 19.4. The van der Waals surface area contributed by atoms with Crippen molar-refractivity contribution in [3.63, 3.8) is 0 Å². The van der Waals surface area contributed by atoms with E-state index in [0.29, 0.717) is 48.4 Å². The van der Waals surface area contributed by atoms with Gasteiger partial charge >= 0.3 is 0 Å². The Bertz CT molecular complexity index is 944. The predicted molar refractivity (Wildman–Crippen MR) is 125 cm³/mol. The molecule has 8 nitrogen and oxygen atoms in total. The molecule has 0 atom stereocenters. The highest BCUT2D eigenvalue weighted by Crippen LogP contribution is 2.25. The lowest BCUT2D eigenvalue weighted by atomic mass is 9.92. The van der Waals surface area contributed by atoms with E-state index in [1.807, 2.05) is 0 Å². The molecule has 2 N–H and O–H groups in total. The van der Waals surface area contributed by atoms with Crippen molar-refractivity contribution in [3.8, 4) is 5.75 Å². The molecule has 2 aliphatic rings. The first kappa shape index (κ1) is 24.3. The summed E-state index contributed by atoms with van der Waals surface area (Å²) in [6, 6.07) is 4.70. The van der Waals surface area contributed by atoms with Crippen molar-refractivity contribution in [1.29, 1.82) is 0 Å². The molecule has 184 valence electrons. The standard InChI is InChI=1S/C25H33FN4O4/c26-23-11-22(4-3-21(23)10-24(33)30-14-20(15-30)17-32)34-9-1-2-18-5-7-29(8-6-18)25-27-12-19(16-31)13-28-25/h3-4,11-13,18,20,31-32H,1-2,5-10,14-17H2. The Morgan fingerprint density at radius 2 is 1.85 bits per heavy atom. The number of aliphatic hydroxyl groups excluding tert-OH is 2. The zero-order chi connectivity index (χ0) is 23.9. The molecule has 9 heteroatoms. The lowest BCUT2D eigenvalue weighted by Crippen LogP contribution is -2.51. The molecule has 2 aliphatic heterocycles. The number of ether oxygens (including phenoxy) is 1. The molecule has 2 fully saturated rings. The molecule has 2 aromatic rings. The number of piperidine rings is 1. The summed E-state index contributed by atoms with van der Waals surface area (Å²) in [6.07, 6.45) is 7.45. The van der Waals surface area contributed by atoms with Crippen molar-refractivity contribution in [2.75, 3.05) is 44.3 Å². The van der Waals surface area contributed by atoms with Crippen molar-refractivity contribution >= 4 is 11.9 Å². The molecule has 2 saturated heterocycles. The van der Waals surface area contributed by atoms with E-state index in [2.05, 4.69) is 14.9 Å². The number of likely N-dealkylation sites (tertiary alicyclic amines) is 1. The number of nitrogens with zero attached hydrogens (tertiary/aromatic N) is 4. The molecule has 0 bridgehead atoms. The van der Waals surface area contributed by atoms with Crippen LogP contribution in [0, 0.1) is 17.7 Å². The monoisotopic (exact) mass is 472 g/mol. The van der Waals surface area contributed by atoms with Crippen LogP contribution < -0.4 is 9.64 Å². The quantitative estimate of drug-likeness (QED) is 0.512. The Balaban J connectivity index is 1.14. The smallest absolute Gasteiger partial charge is 0.227 e. The molecule has 0 aliphatic carbocycles. The van der Waals surface area contributed by atoms with Gasteiger partial charge in [0.2, 0.25) is 11.9 Å². The van der Waals surface area contributed by atoms with E-state index in [-0.39, 0.29) is 31.5 Å². The number of halogens is 1. The Hall–Kier alpha value is -2.78. The maximum Gasteiger partial charge on any atom is 0.227 e. The van der Waals surface area contributed by atoms with E-state index in [9.17, 15) is 9.18 Å². The van der Waals surface area contributed by atoms with E-state index in [4.69, 9.17) is 14.9 Å². The number of hydrogen-bond acceptors (Lipinski definition) is 7. The van der Waals surface area contributed by atoms with E-state index in [0.717, 1.165) is 38.8 Å². The summed E-state index contributed by atoms with van der Waals surface area (Å²) >= 11 is 0. The van der Waals surface area contributed by atoms with Crippen molar-refractivity contribution in [2.24, 2.45) is 11.8 Å². The molecule has 0 unspecified atom stereocenters. The fourth-order valence-electron chi connectivity index (χ4n) is 4.50. The summed E-state index contributed by atoms with van der Waals surface area (Å²) in [5.74, 6) is 1.43. The number of aromatic nitrogens is 2. The van der Waals surface area contributed by atoms with Crippen LogP contribution in [0.2, 0.25) is 0 Å². The second kappa shape index (κ2) is 11.6. The Morgan fingerprint density at radius 1 is 1.12 bits per heavy atom. The number of hydrogen-bond donors (Lipinski definition) is 2. The molecule has 1 aromatic heterocycles. The fourth-order valence-corrected chi connectivity index (χ4v) is 4.50. The number of aliphatic hydroxyl groups is 2. The summed E-state index contributed by atoms with van der Waals surface area (Å²) in [5, 5.41) is 18.2. The maximum absolute atomic E-state index is 14.4. The van der Waals surface area contributed by atoms with Gasteiger partial charge in [-0.1, -0.05) is 6.07 Å². The van der Waals surface area contributed by atoms with Gasteiger partial charge < -0.3 is 24.7 Å². The average molecular weight is 473 g/mol. The van der Waals surface area contributed by atoms with Gasteiger partial charge in [-0.15, -0.1) is 0 Å². The number of rotatable bonds is 10. The van der Waals surface area contributed by atoms with Gasteiger partial charge in [-0.05, 0) is 43.2 Å². The Kier molecular flexibility index (Phi) is 8.29. The summed E-state index contributed by atoms with van der Waals surface area (Å²) in [6.45, 7) is 3.47. The number of carbonyl (C=O) groups excluding carboxylic acids is 1. The van der Waals surface area contributed by atoms with Gasteiger partial charge in [0.1, 0.15) is 11.6 Å². The van der Waals surface area contributed by atoms with Crippen molar-refractivity contribution in [1.82, 2.24) is 14.9 Å². The lowest BCUT2D eigenvalue weighted by Gasteiger charge is -2.38. The van der Waals surface area contributed by atoms with E-state index < -0.39 is 5.82 Å². The third-order valence-corrected chi connectivity index (χ3v) is 6.73. The van der Waals surface area contributed by atoms with Crippen LogP contribution >= 0.6 is 0 Å². The number of anilines is 1. The molecule has 34 heavy (non-hydrogen) atoms. The summed E-state index contributed by atoms with van der Waals surface area (Å²) in [7, 11) is 0. The van der Waals surface area contributed by atoms with Gasteiger partial charge in [-0.3, -0.25) is 4.79 Å². The highest BCUT2D eigenvalue weighted by Gasteiger charge is 2.30. The zero-order valence-electron chi connectivity index (χ0n) is 19.4. The molecule has 0 radical (unpaired) electrons. The van der Waals surface area contributed by atoms with Crippen LogP contribution in [0.1, 0.15) is 36.8 Å². The average Bonchev–Trinajstić information content (AvgIpc) is 2.83. The van der Waals surface area contributed by atoms with Crippen molar-refractivity contribution < 1.29 is 24.1 Å². The van der Waals surface area contributed by atoms with Crippen LogP contribution in [0.4, 0.5) is 10.3 Å². The van der Waals surface area contributed by atoms with Crippen molar-refractivity contribution in [2.45, 2.75) is 38.7 Å². The van der Waals surface area contributed by atoms with Crippen molar-refractivity contribution in [3.05, 3.63) is 47.5 Å². The number of benzene rings is 1. The largest absolute Gasteiger partial charge is 0.493 e. The molecule has 1 amide bonds. The first-order valence-electron chi connectivity index (χ1n) is 12.0. The topological polar surface area (TPSA) is 99.0 Å². The molecular formula is C25H33FN4O4. The second-order valence-electron chi connectivity index (χ2n) is 9.25. The van der Waals surface area contributed by atoms with E-state index >= 15 is 0 Å². The van der Waals surface area contributed by atoms with Crippen LogP contribution in [-0.2, 0) is 17.8 Å². The maximum atomic E-state index is 14.4. The van der Waals surface area contributed by atoms with Crippen LogP contribution in [0.5, 0.6) is 5.75 Å². The van der Waals surface area contributed by atoms with Crippen LogP contribution in [0.25, 0.3) is 0 Å². The number of amides is 1. The minimum absolute atomic E-state index is 0.0274. The summed E-state index contributed by atoms with van der Waals surface area (Å²) < 4.78 is 20.2. The van der Waals surface area contributed by atoms with Crippen LogP contribution in [0.3, 0.4) is 0 Å². The van der Waals surface area contributed by atoms with Gasteiger partial charge in [0.25, 0.3) is 0 Å². The fraction of sp³-hybridized carbons (Fsp3) is 0.560. The normalized spacial score (nSPS) is 17.0. The van der Waals surface area contributed by atoms with Gasteiger partial charge in [0, 0.05) is 62.7 Å². The minimum atomic E-state index is -0.424. The third kappa shape index (κ3) is 6.21. The van der Waals surface area contributed by atoms with E-state index in [1.54, 1.807) is 29.4 Å². The highest BCUT2D eigenvalue weighted by molar-refractivity contribution is 5.79. The first-order valence-corrected chi connectivity index (χ1v) is 12.0.